The Morgan fingerprint density at radius 3 is 2.57 bits per heavy atom. The Kier molecular flexibility index (Phi) is 5.59. The maximum Gasteiger partial charge on any atom is 0.254 e. The van der Waals surface area contributed by atoms with E-state index in [9.17, 15) is 4.79 Å². The first-order valence-electron chi connectivity index (χ1n) is 15.2. The van der Waals surface area contributed by atoms with E-state index in [-0.39, 0.29) is 5.91 Å². The first-order chi connectivity index (χ1) is 20.3. The van der Waals surface area contributed by atoms with Crippen molar-refractivity contribution in [2.45, 2.75) is 52.1 Å². The van der Waals surface area contributed by atoms with E-state index in [4.69, 9.17) is 14.7 Å². The highest BCUT2D eigenvalue weighted by Crippen LogP contribution is 2.44. The number of carbonyl (C=O) groups is 1. The lowest BCUT2D eigenvalue weighted by molar-refractivity contribution is 0.0696. The van der Waals surface area contributed by atoms with E-state index < -0.39 is 0 Å². The van der Waals surface area contributed by atoms with Gasteiger partial charge in [-0.1, -0.05) is 6.92 Å². The molecule has 5 aromatic rings. The van der Waals surface area contributed by atoms with Crippen LogP contribution in [0.25, 0.3) is 44.8 Å². The van der Waals surface area contributed by atoms with E-state index in [1.807, 2.05) is 44.0 Å². The van der Waals surface area contributed by atoms with Gasteiger partial charge in [0.05, 0.1) is 29.7 Å². The Morgan fingerprint density at radius 2 is 1.90 bits per heavy atom. The summed E-state index contributed by atoms with van der Waals surface area (Å²) in [6.45, 7) is 6.08. The Labute approximate surface area is 245 Å². The van der Waals surface area contributed by atoms with Gasteiger partial charge < -0.3 is 18.8 Å². The van der Waals surface area contributed by atoms with Crippen LogP contribution in [-0.2, 0) is 20.6 Å². The molecule has 216 valence electrons. The smallest absolute Gasteiger partial charge is 0.254 e. The summed E-state index contributed by atoms with van der Waals surface area (Å²) in [6.07, 6.45) is 6.84. The van der Waals surface area contributed by atoms with E-state index in [0.717, 1.165) is 70.0 Å². The molecule has 1 saturated heterocycles. The van der Waals surface area contributed by atoms with Crippen molar-refractivity contribution in [2.75, 3.05) is 13.7 Å². The van der Waals surface area contributed by atoms with Crippen LogP contribution < -0.4 is 4.74 Å². The van der Waals surface area contributed by atoms with Crippen LogP contribution in [0.15, 0.2) is 36.5 Å². The molecule has 42 heavy (non-hydrogen) atoms. The van der Waals surface area contributed by atoms with E-state index >= 15 is 0 Å². The SMILES string of the molecule is COc1cc(C(=O)N2CC3CCC2[C@@H]3C)cc2nc(-c3cc4ccc(-c5cn(C)nc5C)nc4n3CC3CC3)n(C)c12. The number of hydrogen-bond acceptors (Lipinski definition) is 5. The number of benzene rings is 1. The number of ether oxygens (including phenoxy) is 1. The number of hydrogen-bond donors (Lipinski definition) is 0. The van der Waals surface area contributed by atoms with Gasteiger partial charge in [0.25, 0.3) is 5.91 Å². The molecule has 0 radical (unpaired) electrons. The minimum absolute atomic E-state index is 0.0896. The third kappa shape index (κ3) is 3.82. The average Bonchev–Trinajstić information content (AvgIpc) is 3.17. The van der Waals surface area contributed by atoms with Gasteiger partial charge in [0, 0.05) is 55.9 Å². The summed E-state index contributed by atoms with van der Waals surface area (Å²) < 4.78 is 12.2. The lowest BCUT2D eigenvalue weighted by Crippen LogP contribution is -2.38. The number of aryl methyl sites for hydroxylation is 3. The van der Waals surface area contributed by atoms with Gasteiger partial charge in [-0.05, 0) is 80.7 Å². The summed E-state index contributed by atoms with van der Waals surface area (Å²) in [5, 5.41) is 5.62. The molecule has 2 aliphatic carbocycles. The topological polar surface area (TPSA) is 83.0 Å². The predicted molar refractivity (Wildman–Crippen MR) is 162 cm³/mol. The summed E-state index contributed by atoms with van der Waals surface area (Å²) in [5.41, 5.74) is 7.25. The monoisotopic (exact) mass is 563 g/mol. The number of fused-ring (bicyclic) bond motifs is 4. The minimum atomic E-state index is 0.0896. The molecular weight excluding hydrogens is 526 g/mol. The molecule has 5 heterocycles. The summed E-state index contributed by atoms with van der Waals surface area (Å²) in [5.74, 6) is 3.45. The molecule has 2 unspecified atom stereocenters. The molecule has 8 rings (SSSR count). The van der Waals surface area contributed by atoms with Gasteiger partial charge >= 0.3 is 0 Å². The fraction of sp³-hybridized carbons (Fsp3) is 0.455. The molecule has 1 amide bonds. The molecule has 3 aliphatic rings. The third-order valence-electron chi connectivity index (χ3n) is 10.1. The molecule has 3 fully saturated rings. The van der Waals surface area contributed by atoms with Crippen LogP contribution in [0.3, 0.4) is 0 Å². The van der Waals surface area contributed by atoms with Gasteiger partial charge in [-0.25, -0.2) is 9.97 Å². The second kappa shape index (κ2) is 9.18. The van der Waals surface area contributed by atoms with Crippen LogP contribution in [-0.4, -0.2) is 59.4 Å². The lowest BCUT2D eigenvalue weighted by atomic mass is 10.0. The van der Waals surface area contributed by atoms with Crippen LogP contribution in [0.2, 0.25) is 0 Å². The zero-order valence-corrected chi connectivity index (χ0v) is 25.0. The number of imidazole rings is 1. The largest absolute Gasteiger partial charge is 0.494 e. The number of methoxy groups -OCH3 is 1. The molecule has 9 heteroatoms. The van der Waals surface area contributed by atoms with Crippen molar-refractivity contribution in [2.24, 2.45) is 31.8 Å². The highest BCUT2D eigenvalue weighted by molar-refractivity contribution is 6.00. The first kappa shape index (κ1) is 25.6. The van der Waals surface area contributed by atoms with Crippen molar-refractivity contribution in [1.82, 2.24) is 33.8 Å². The van der Waals surface area contributed by atoms with Gasteiger partial charge in [0.2, 0.25) is 0 Å². The quantitative estimate of drug-likeness (QED) is 0.269. The number of piperidine rings is 1. The van der Waals surface area contributed by atoms with Crippen LogP contribution in [0.5, 0.6) is 5.75 Å². The number of likely N-dealkylation sites (tertiary alicyclic amines) is 1. The van der Waals surface area contributed by atoms with E-state index in [1.54, 1.807) is 7.11 Å². The van der Waals surface area contributed by atoms with Gasteiger partial charge in [0.15, 0.2) is 5.82 Å². The molecule has 1 aromatic carbocycles. The Hall–Kier alpha value is -4.14. The van der Waals surface area contributed by atoms with Crippen molar-refractivity contribution < 1.29 is 9.53 Å². The maximum atomic E-state index is 13.7. The lowest BCUT2D eigenvalue weighted by Gasteiger charge is -2.27. The maximum absolute atomic E-state index is 13.7. The second-order valence-electron chi connectivity index (χ2n) is 12.8. The van der Waals surface area contributed by atoms with Crippen LogP contribution >= 0.6 is 0 Å². The molecule has 0 spiro atoms. The average molecular weight is 564 g/mol. The van der Waals surface area contributed by atoms with Crippen LogP contribution in [0.4, 0.5) is 0 Å². The number of amides is 1. The van der Waals surface area contributed by atoms with Crippen LogP contribution in [0, 0.1) is 24.7 Å². The summed E-state index contributed by atoms with van der Waals surface area (Å²) >= 11 is 0. The molecule has 4 aromatic heterocycles. The molecule has 3 atom stereocenters. The van der Waals surface area contributed by atoms with E-state index in [1.165, 1.54) is 19.3 Å². The predicted octanol–water partition coefficient (Wildman–Crippen LogP) is 5.59. The second-order valence-corrected chi connectivity index (χ2v) is 12.8. The molecule has 1 aliphatic heterocycles. The molecule has 0 N–H and O–H groups in total. The summed E-state index contributed by atoms with van der Waals surface area (Å²) in [6, 6.07) is 10.6. The highest BCUT2D eigenvalue weighted by atomic mass is 16.5. The van der Waals surface area contributed by atoms with Gasteiger partial charge in [-0.15, -0.1) is 0 Å². The first-order valence-corrected chi connectivity index (χ1v) is 15.2. The normalized spacial score (nSPS) is 21.7. The van der Waals surface area contributed by atoms with Crippen molar-refractivity contribution in [3.8, 4) is 28.5 Å². The number of nitrogens with zero attached hydrogens (tertiary/aromatic N) is 7. The van der Waals surface area contributed by atoms with Crippen molar-refractivity contribution in [1.29, 1.82) is 0 Å². The van der Waals surface area contributed by atoms with Gasteiger partial charge in [-0.2, -0.15) is 5.10 Å². The highest BCUT2D eigenvalue weighted by Gasteiger charge is 2.46. The zero-order chi connectivity index (χ0) is 28.9. The van der Waals surface area contributed by atoms with Gasteiger partial charge in [-0.3, -0.25) is 9.48 Å². The molecule has 2 bridgehead atoms. The van der Waals surface area contributed by atoms with E-state index in [0.29, 0.717) is 35.1 Å². The van der Waals surface area contributed by atoms with Crippen LogP contribution in [0.1, 0.15) is 48.7 Å². The number of carbonyl (C=O) groups excluding carboxylic acids is 1. The fourth-order valence-corrected chi connectivity index (χ4v) is 7.59. The summed E-state index contributed by atoms with van der Waals surface area (Å²) in [7, 11) is 5.65. The Balaban J connectivity index is 1.25. The Morgan fingerprint density at radius 1 is 1.07 bits per heavy atom. The minimum Gasteiger partial charge on any atom is -0.494 e. The standard InChI is InChI=1S/C33H37N7O2/c1-18-22-9-11-27(18)40(16-22)33(41)23-12-26-30(29(14-23)42-5)38(4)32(35-26)28-13-21-8-10-25(24-17-37(3)36-19(24)2)34-31(21)39(28)15-20-6-7-20/h8,10,12-14,17-18,20,22,27H,6-7,9,11,15-16H2,1-5H3/t18-,22?,27?/m1/s1. The molecule has 9 nitrogen and oxygen atoms in total. The third-order valence-corrected chi connectivity index (χ3v) is 10.1. The number of aromatic nitrogens is 6. The summed E-state index contributed by atoms with van der Waals surface area (Å²) in [4.78, 5) is 26.2. The molecular formula is C33H37N7O2. The van der Waals surface area contributed by atoms with Crippen molar-refractivity contribution in [3.63, 3.8) is 0 Å². The van der Waals surface area contributed by atoms with Gasteiger partial charge in [0.1, 0.15) is 16.9 Å². The van der Waals surface area contributed by atoms with E-state index in [2.05, 4.69) is 44.3 Å². The number of rotatable bonds is 6. The van der Waals surface area contributed by atoms with Crippen molar-refractivity contribution in [3.05, 3.63) is 47.8 Å². The Bertz CT molecular complexity index is 1890. The fourth-order valence-electron chi connectivity index (χ4n) is 7.59. The number of pyridine rings is 1. The van der Waals surface area contributed by atoms with Crippen molar-refractivity contribution >= 4 is 28.0 Å². The zero-order valence-electron chi connectivity index (χ0n) is 25.0. The molecule has 2 saturated carbocycles.